The van der Waals surface area contributed by atoms with E-state index in [9.17, 15) is 18.0 Å². The summed E-state index contributed by atoms with van der Waals surface area (Å²) in [6.07, 6.45) is 2.72. The van der Waals surface area contributed by atoms with E-state index in [-0.39, 0.29) is 16.4 Å². The predicted octanol–water partition coefficient (Wildman–Crippen LogP) is 3.06. The van der Waals surface area contributed by atoms with Gasteiger partial charge in [-0.3, -0.25) is 4.79 Å². The number of nitrogens with zero attached hydrogens (tertiary/aromatic N) is 3. The number of carbonyl (C=O) groups excluding carboxylic acids is 2. The molecule has 34 heavy (non-hydrogen) atoms. The highest BCUT2D eigenvalue weighted by atomic mass is 32.2. The molecule has 8 nitrogen and oxygen atoms in total. The molecule has 4 rings (SSSR count). The molecular formula is C25H31N3O5S. The van der Waals surface area contributed by atoms with Crippen molar-refractivity contribution in [3.63, 3.8) is 0 Å². The molecule has 1 atom stereocenters. The average Bonchev–Trinajstić information content (AvgIpc) is 3.37. The molecule has 2 aliphatic heterocycles. The van der Waals surface area contributed by atoms with Crippen molar-refractivity contribution in [2.75, 3.05) is 43.5 Å². The highest BCUT2D eigenvalue weighted by Gasteiger charge is 2.31. The van der Waals surface area contributed by atoms with Gasteiger partial charge in [-0.1, -0.05) is 18.2 Å². The molecule has 2 heterocycles. The fourth-order valence-electron chi connectivity index (χ4n) is 4.54. The number of benzene rings is 2. The number of sulfonamides is 1. The number of fused-ring (bicyclic) bond motifs is 1. The Morgan fingerprint density at radius 3 is 2.38 bits per heavy atom. The van der Waals surface area contributed by atoms with Gasteiger partial charge in [0.1, 0.15) is 0 Å². The van der Waals surface area contributed by atoms with E-state index in [0.717, 1.165) is 54.3 Å². The number of esters is 1. The molecule has 9 heteroatoms. The van der Waals surface area contributed by atoms with Crippen molar-refractivity contribution in [3.05, 3.63) is 53.6 Å². The highest BCUT2D eigenvalue weighted by Crippen LogP contribution is 2.30. The van der Waals surface area contributed by atoms with Gasteiger partial charge in [0.2, 0.25) is 10.0 Å². The molecule has 1 saturated heterocycles. The van der Waals surface area contributed by atoms with Crippen LogP contribution in [0.1, 0.15) is 42.1 Å². The maximum Gasteiger partial charge on any atom is 0.341 e. The third-order valence-electron chi connectivity index (χ3n) is 6.42. The van der Waals surface area contributed by atoms with Crippen molar-refractivity contribution in [1.82, 2.24) is 4.31 Å². The maximum atomic E-state index is 13.3. The van der Waals surface area contributed by atoms with Gasteiger partial charge in [-0.15, -0.1) is 0 Å². The van der Waals surface area contributed by atoms with Crippen LogP contribution in [-0.4, -0.2) is 64.4 Å². The van der Waals surface area contributed by atoms with Crippen LogP contribution in [0.25, 0.3) is 0 Å². The number of amides is 1. The molecule has 0 N–H and O–H groups in total. The van der Waals surface area contributed by atoms with Crippen LogP contribution in [0, 0.1) is 0 Å². The minimum absolute atomic E-state index is 0.0105. The van der Waals surface area contributed by atoms with Crippen LogP contribution < -0.4 is 9.80 Å². The van der Waals surface area contributed by atoms with Gasteiger partial charge >= 0.3 is 5.97 Å². The van der Waals surface area contributed by atoms with Crippen LogP contribution in [0.3, 0.4) is 0 Å². The van der Waals surface area contributed by atoms with Crippen molar-refractivity contribution in [2.24, 2.45) is 0 Å². The number of carbonyl (C=O) groups is 2. The summed E-state index contributed by atoms with van der Waals surface area (Å²) in [4.78, 5) is 30.2. The second-order valence-electron chi connectivity index (χ2n) is 8.93. The molecular weight excluding hydrogens is 454 g/mol. The van der Waals surface area contributed by atoms with Gasteiger partial charge in [-0.2, -0.15) is 0 Å². The van der Waals surface area contributed by atoms with Crippen molar-refractivity contribution in [1.29, 1.82) is 0 Å². The SMILES string of the molecule is C[C@@H](OC(=O)c1cc(S(=O)(=O)N(C)C)ccc1N1CCCC1)C(=O)N1CCCc2ccccc21. The lowest BCUT2D eigenvalue weighted by atomic mass is 10.0. The minimum Gasteiger partial charge on any atom is -0.449 e. The quantitative estimate of drug-likeness (QED) is 0.585. The molecule has 2 aliphatic rings. The highest BCUT2D eigenvalue weighted by molar-refractivity contribution is 7.89. The van der Waals surface area contributed by atoms with E-state index in [0.29, 0.717) is 12.2 Å². The number of rotatable bonds is 6. The monoisotopic (exact) mass is 485 g/mol. The Morgan fingerprint density at radius 2 is 1.68 bits per heavy atom. The summed E-state index contributed by atoms with van der Waals surface area (Å²) in [5.41, 5.74) is 2.73. The third-order valence-corrected chi connectivity index (χ3v) is 8.23. The Hall–Kier alpha value is -2.91. The smallest absolute Gasteiger partial charge is 0.341 e. The minimum atomic E-state index is -3.74. The van der Waals surface area contributed by atoms with E-state index in [1.54, 1.807) is 17.9 Å². The number of aryl methyl sites for hydroxylation is 1. The van der Waals surface area contributed by atoms with E-state index in [4.69, 9.17) is 4.74 Å². The van der Waals surface area contributed by atoms with Crippen molar-refractivity contribution in [3.8, 4) is 0 Å². The number of hydrogen-bond donors (Lipinski definition) is 0. The van der Waals surface area contributed by atoms with E-state index < -0.39 is 22.1 Å². The Balaban J connectivity index is 1.61. The first-order chi connectivity index (χ1) is 16.2. The molecule has 2 aromatic carbocycles. The standard InChI is InChI=1S/C25H31N3O5S/c1-18(24(29)28-16-8-10-19-9-4-5-11-22(19)28)33-25(30)21-17-20(34(31,32)26(2)3)12-13-23(21)27-14-6-7-15-27/h4-5,9,11-13,17-18H,6-8,10,14-16H2,1-3H3/t18-/m1/s1. The molecule has 0 spiro atoms. The molecule has 0 saturated carbocycles. The fraction of sp³-hybridized carbons (Fsp3) is 0.440. The van der Waals surface area contributed by atoms with Crippen LogP contribution in [0.2, 0.25) is 0 Å². The normalized spacial score (nSPS) is 16.9. The summed E-state index contributed by atoms with van der Waals surface area (Å²) in [7, 11) is -0.850. The Morgan fingerprint density at radius 1 is 0.971 bits per heavy atom. The first-order valence-corrected chi connectivity index (χ1v) is 13.1. The maximum absolute atomic E-state index is 13.3. The van der Waals surface area contributed by atoms with Gasteiger partial charge in [0.05, 0.1) is 16.1 Å². The van der Waals surface area contributed by atoms with E-state index in [2.05, 4.69) is 4.90 Å². The van der Waals surface area contributed by atoms with Gasteiger partial charge in [0.15, 0.2) is 6.10 Å². The van der Waals surface area contributed by atoms with Crippen LogP contribution in [0.4, 0.5) is 11.4 Å². The number of anilines is 2. The molecule has 0 bridgehead atoms. The predicted molar refractivity (Wildman–Crippen MR) is 131 cm³/mol. The Labute approximate surface area is 201 Å². The zero-order valence-electron chi connectivity index (χ0n) is 19.9. The van der Waals surface area contributed by atoms with Crippen molar-refractivity contribution in [2.45, 2.75) is 43.6 Å². The second kappa shape index (κ2) is 9.76. The summed E-state index contributed by atoms with van der Waals surface area (Å²) >= 11 is 0. The second-order valence-corrected chi connectivity index (χ2v) is 11.1. The van der Waals surface area contributed by atoms with Gasteiger partial charge in [0.25, 0.3) is 5.91 Å². The summed E-state index contributed by atoms with van der Waals surface area (Å²) in [6, 6.07) is 12.3. The lowest BCUT2D eigenvalue weighted by Gasteiger charge is -2.31. The summed E-state index contributed by atoms with van der Waals surface area (Å²) in [5, 5.41) is 0. The lowest BCUT2D eigenvalue weighted by Crippen LogP contribution is -2.42. The fourth-order valence-corrected chi connectivity index (χ4v) is 5.47. The molecule has 0 radical (unpaired) electrons. The molecule has 2 aromatic rings. The van der Waals surface area contributed by atoms with Crippen molar-refractivity contribution >= 4 is 33.3 Å². The molecule has 0 aromatic heterocycles. The van der Waals surface area contributed by atoms with Crippen LogP contribution >= 0.6 is 0 Å². The average molecular weight is 486 g/mol. The molecule has 1 amide bonds. The van der Waals surface area contributed by atoms with Gasteiger partial charge in [-0.05, 0) is 62.4 Å². The number of hydrogen-bond acceptors (Lipinski definition) is 6. The zero-order valence-corrected chi connectivity index (χ0v) is 20.7. The summed E-state index contributed by atoms with van der Waals surface area (Å²) in [5.74, 6) is -0.996. The van der Waals surface area contributed by atoms with Gasteiger partial charge < -0.3 is 14.5 Å². The third kappa shape index (κ3) is 4.67. The van der Waals surface area contributed by atoms with E-state index in [1.165, 1.54) is 26.2 Å². The first-order valence-electron chi connectivity index (χ1n) is 11.6. The van der Waals surface area contributed by atoms with E-state index in [1.807, 2.05) is 24.3 Å². The van der Waals surface area contributed by atoms with Crippen LogP contribution in [0.15, 0.2) is 47.4 Å². The van der Waals surface area contributed by atoms with E-state index >= 15 is 0 Å². The summed E-state index contributed by atoms with van der Waals surface area (Å²) < 4.78 is 32.1. The lowest BCUT2D eigenvalue weighted by molar-refractivity contribution is -0.126. The van der Waals surface area contributed by atoms with Crippen LogP contribution in [0.5, 0.6) is 0 Å². The topological polar surface area (TPSA) is 87.2 Å². The Bertz CT molecular complexity index is 1190. The van der Waals surface area contributed by atoms with Gasteiger partial charge in [0, 0.05) is 39.4 Å². The zero-order chi connectivity index (χ0) is 24.5. The summed E-state index contributed by atoms with van der Waals surface area (Å²) in [6.45, 7) is 3.68. The number of para-hydroxylation sites is 1. The molecule has 0 aliphatic carbocycles. The molecule has 182 valence electrons. The molecule has 0 unspecified atom stereocenters. The van der Waals surface area contributed by atoms with Crippen molar-refractivity contribution < 1.29 is 22.7 Å². The largest absolute Gasteiger partial charge is 0.449 e. The Kier molecular flexibility index (Phi) is 6.95. The molecule has 1 fully saturated rings. The number of ether oxygens (including phenoxy) is 1. The van der Waals surface area contributed by atoms with Gasteiger partial charge in [-0.25, -0.2) is 17.5 Å². The first kappa shape index (κ1) is 24.2. The van der Waals surface area contributed by atoms with Crippen LogP contribution in [-0.2, 0) is 26.0 Å².